The molecule has 1 heterocycles. The number of nitrogens with one attached hydrogen (secondary N) is 2. The summed E-state index contributed by atoms with van der Waals surface area (Å²) in [5, 5.41) is 7.20. The van der Waals surface area contributed by atoms with E-state index in [1.807, 2.05) is 23.8 Å². The summed E-state index contributed by atoms with van der Waals surface area (Å²) >= 11 is 1.58. The second-order valence-electron chi connectivity index (χ2n) is 4.67. The van der Waals surface area contributed by atoms with Crippen LogP contribution in [-0.2, 0) is 10.0 Å². The number of rotatable bonds is 10. The van der Waals surface area contributed by atoms with Gasteiger partial charge in [0.25, 0.3) is 0 Å². The highest BCUT2D eigenvalue weighted by molar-refractivity contribution is 7.89. The van der Waals surface area contributed by atoms with Crippen LogP contribution in [0, 0.1) is 0 Å². The summed E-state index contributed by atoms with van der Waals surface area (Å²) in [6.45, 7) is 5.89. The van der Waals surface area contributed by atoms with E-state index in [0.29, 0.717) is 6.42 Å². The first kappa shape index (κ1) is 16.6. The lowest BCUT2D eigenvalue weighted by Crippen LogP contribution is -2.29. The van der Waals surface area contributed by atoms with Gasteiger partial charge in [0.1, 0.15) is 0 Å². The predicted octanol–water partition coefficient (Wildman–Crippen LogP) is 2.51. The van der Waals surface area contributed by atoms with E-state index < -0.39 is 10.0 Å². The summed E-state index contributed by atoms with van der Waals surface area (Å²) in [7, 11) is -3.17. The molecule has 0 amide bonds. The Labute approximate surface area is 120 Å². The van der Waals surface area contributed by atoms with E-state index in [1.165, 1.54) is 0 Å². The van der Waals surface area contributed by atoms with Crippen LogP contribution in [-0.4, -0.2) is 27.3 Å². The molecule has 2 N–H and O–H groups in total. The third kappa shape index (κ3) is 7.06. The first-order valence-electron chi connectivity index (χ1n) is 6.78. The first-order valence-corrected chi connectivity index (χ1v) is 9.37. The Morgan fingerprint density at radius 1 is 1.32 bits per heavy atom. The summed E-state index contributed by atoms with van der Waals surface area (Å²) in [6.07, 6.45) is 2.70. The number of unbranched alkanes of at least 4 members (excludes halogenated alkanes) is 1. The Bertz CT molecular complexity index is 430. The molecule has 1 aromatic heterocycles. The molecule has 4 nitrogen and oxygen atoms in total. The molecule has 0 saturated heterocycles. The Balaban J connectivity index is 2.24. The summed E-state index contributed by atoms with van der Waals surface area (Å²) < 4.78 is 26.5. The SMILES string of the molecule is CCCNCCCCS(=O)(=O)NC(C)c1ccsc1. The summed E-state index contributed by atoms with van der Waals surface area (Å²) in [5.74, 6) is 0.204. The van der Waals surface area contributed by atoms with E-state index >= 15 is 0 Å². The highest BCUT2D eigenvalue weighted by Gasteiger charge is 2.15. The largest absolute Gasteiger partial charge is 0.317 e. The van der Waals surface area contributed by atoms with Crippen LogP contribution in [0.15, 0.2) is 16.8 Å². The molecule has 1 rings (SSSR count). The van der Waals surface area contributed by atoms with Gasteiger partial charge in [0.05, 0.1) is 5.75 Å². The van der Waals surface area contributed by atoms with Crippen molar-refractivity contribution in [3.05, 3.63) is 22.4 Å². The van der Waals surface area contributed by atoms with Gasteiger partial charge in [-0.2, -0.15) is 11.3 Å². The minimum absolute atomic E-state index is 0.144. The minimum atomic E-state index is -3.17. The lowest BCUT2D eigenvalue weighted by atomic mass is 10.2. The molecule has 0 radical (unpaired) electrons. The Morgan fingerprint density at radius 3 is 2.74 bits per heavy atom. The fraction of sp³-hybridized carbons (Fsp3) is 0.692. The average molecular weight is 304 g/mol. The van der Waals surface area contributed by atoms with Gasteiger partial charge in [-0.3, -0.25) is 0 Å². The topological polar surface area (TPSA) is 58.2 Å². The number of sulfonamides is 1. The standard InChI is InChI=1S/C13H24N2O2S2/c1-3-7-14-8-4-5-10-19(16,17)15-12(2)13-6-9-18-11-13/h6,9,11-12,14-15H,3-5,7-8,10H2,1-2H3. The predicted molar refractivity (Wildman–Crippen MR) is 82.1 cm³/mol. The second-order valence-corrected chi connectivity index (χ2v) is 7.33. The van der Waals surface area contributed by atoms with Gasteiger partial charge in [-0.05, 0) is 61.7 Å². The molecule has 0 aromatic carbocycles. The third-order valence-electron chi connectivity index (χ3n) is 2.84. The minimum Gasteiger partial charge on any atom is -0.317 e. The van der Waals surface area contributed by atoms with E-state index in [2.05, 4.69) is 17.0 Å². The molecular formula is C13H24N2O2S2. The zero-order valence-electron chi connectivity index (χ0n) is 11.7. The molecule has 0 aliphatic carbocycles. The molecule has 0 fully saturated rings. The molecule has 1 unspecified atom stereocenters. The zero-order valence-corrected chi connectivity index (χ0v) is 13.3. The van der Waals surface area contributed by atoms with Crippen molar-refractivity contribution < 1.29 is 8.42 Å². The lowest BCUT2D eigenvalue weighted by molar-refractivity contribution is 0.560. The van der Waals surface area contributed by atoms with Crippen LogP contribution in [0.2, 0.25) is 0 Å². The summed E-state index contributed by atoms with van der Waals surface area (Å²) in [5.41, 5.74) is 1.03. The van der Waals surface area contributed by atoms with Gasteiger partial charge in [0.15, 0.2) is 0 Å². The van der Waals surface area contributed by atoms with Crippen LogP contribution in [0.4, 0.5) is 0 Å². The maximum Gasteiger partial charge on any atom is 0.212 e. The fourth-order valence-corrected chi connectivity index (χ4v) is 3.89. The van der Waals surface area contributed by atoms with Crippen molar-refractivity contribution in [3.63, 3.8) is 0 Å². The molecule has 0 aliphatic heterocycles. The Kier molecular flexibility index (Phi) is 7.60. The van der Waals surface area contributed by atoms with Gasteiger partial charge in [-0.1, -0.05) is 6.92 Å². The van der Waals surface area contributed by atoms with Gasteiger partial charge >= 0.3 is 0 Å². The van der Waals surface area contributed by atoms with Crippen molar-refractivity contribution >= 4 is 21.4 Å². The molecule has 6 heteroatoms. The Hall–Kier alpha value is -0.430. The van der Waals surface area contributed by atoms with Crippen molar-refractivity contribution in [2.45, 2.75) is 39.2 Å². The normalized spacial score (nSPS) is 13.6. The van der Waals surface area contributed by atoms with Gasteiger partial charge in [-0.25, -0.2) is 13.1 Å². The number of thiophene rings is 1. The highest BCUT2D eigenvalue weighted by Crippen LogP contribution is 2.16. The first-order chi connectivity index (χ1) is 9.05. The highest BCUT2D eigenvalue weighted by atomic mass is 32.2. The van der Waals surface area contributed by atoms with Crippen LogP contribution >= 0.6 is 11.3 Å². The molecule has 1 aromatic rings. The molecule has 0 aliphatic rings. The maximum atomic E-state index is 11.9. The van der Waals surface area contributed by atoms with E-state index in [1.54, 1.807) is 11.3 Å². The molecule has 110 valence electrons. The van der Waals surface area contributed by atoms with E-state index in [-0.39, 0.29) is 11.8 Å². The Morgan fingerprint density at radius 2 is 2.11 bits per heavy atom. The number of hydrogen-bond donors (Lipinski definition) is 2. The van der Waals surface area contributed by atoms with Crippen LogP contribution in [0.3, 0.4) is 0 Å². The van der Waals surface area contributed by atoms with Crippen molar-refractivity contribution in [2.24, 2.45) is 0 Å². The molecule has 1 atom stereocenters. The molecular weight excluding hydrogens is 280 g/mol. The van der Waals surface area contributed by atoms with Crippen molar-refractivity contribution in [3.8, 4) is 0 Å². The van der Waals surface area contributed by atoms with Crippen molar-refractivity contribution in [1.29, 1.82) is 0 Å². The second kappa shape index (κ2) is 8.68. The number of hydrogen-bond acceptors (Lipinski definition) is 4. The smallest absolute Gasteiger partial charge is 0.212 e. The van der Waals surface area contributed by atoms with Gasteiger partial charge in [-0.15, -0.1) is 0 Å². The zero-order chi connectivity index (χ0) is 14.1. The summed E-state index contributed by atoms with van der Waals surface area (Å²) in [6, 6.07) is 1.81. The lowest BCUT2D eigenvalue weighted by Gasteiger charge is -2.13. The maximum absolute atomic E-state index is 11.9. The van der Waals surface area contributed by atoms with Crippen LogP contribution in [0.25, 0.3) is 0 Å². The fourth-order valence-electron chi connectivity index (χ4n) is 1.76. The van der Waals surface area contributed by atoms with E-state index in [4.69, 9.17) is 0 Å². The third-order valence-corrected chi connectivity index (χ3v) is 5.08. The van der Waals surface area contributed by atoms with Crippen molar-refractivity contribution in [2.75, 3.05) is 18.8 Å². The quantitative estimate of drug-likeness (QED) is 0.653. The van der Waals surface area contributed by atoms with Gasteiger partial charge in [0.2, 0.25) is 10.0 Å². The summed E-state index contributed by atoms with van der Waals surface area (Å²) in [4.78, 5) is 0. The molecule has 0 spiro atoms. The van der Waals surface area contributed by atoms with Crippen molar-refractivity contribution in [1.82, 2.24) is 10.0 Å². The average Bonchev–Trinajstić information content (AvgIpc) is 2.87. The van der Waals surface area contributed by atoms with Crippen LogP contribution < -0.4 is 10.0 Å². The molecule has 0 bridgehead atoms. The monoisotopic (exact) mass is 304 g/mol. The van der Waals surface area contributed by atoms with E-state index in [9.17, 15) is 8.42 Å². The van der Waals surface area contributed by atoms with Gasteiger partial charge in [0, 0.05) is 6.04 Å². The van der Waals surface area contributed by atoms with Crippen LogP contribution in [0.5, 0.6) is 0 Å². The molecule has 0 saturated carbocycles. The van der Waals surface area contributed by atoms with Gasteiger partial charge < -0.3 is 5.32 Å². The van der Waals surface area contributed by atoms with Crippen LogP contribution in [0.1, 0.15) is 44.7 Å². The van der Waals surface area contributed by atoms with E-state index in [0.717, 1.165) is 31.5 Å². The molecule has 19 heavy (non-hydrogen) atoms.